The van der Waals surface area contributed by atoms with Gasteiger partial charge in [-0.05, 0) is 49.2 Å². The van der Waals surface area contributed by atoms with Gasteiger partial charge in [-0.2, -0.15) is 0 Å². The fourth-order valence-corrected chi connectivity index (χ4v) is 2.19. The van der Waals surface area contributed by atoms with Gasteiger partial charge in [0.2, 0.25) is 0 Å². The minimum absolute atomic E-state index is 0.815. The zero-order valence-electron chi connectivity index (χ0n) is 12.4. The van der Waals surface area contributed by atoms with Crippen molar-refractivity contribution in [3.05, 3.63) is 53.1 Å². The number of nitrogen functional groups attached to an aromatic ring is 1. The van der Waals surface area contributed by atoms with Gasteiger partial charge in [0.15, 0.2) is 0 Å². The van der Waals surface area contributed by atoms with Crippen LogP contribution in [-0.2, 0) is 13.1 Å². The predicted octanol–water partition coefficient (Wildman–Crippen LogP) is 2.70. The normalized spacial score (nSPS) is 11.0. The Labute approximate surface area is 120 Å². The van der Waals surface area contributed by atoms with Crippen molar-refractivity contribution < 1.29 is 0 Å². The molecular formula is C16H22N4. The van der Waals surface area contributed by atoms with Gasteiger partial charge >= 0.3 is 0 Å². The van der Waals surface area contributed by atoms with E-state index in [0.29, 0.717) is 0 Å². The van der Waals surface area contributed by atoms with E-state index in [0.717, 1.165) is 42.1 Å². The number of nitrogens with zero attached hydrogens (tertiary/aromatic N) is 3. The lowest BCUT2D eigenvalue weighted by molar-refractivity contribution is 0.267. The van der Waals surface area contributed by atoms with Gasteiger partial charge in [0.25, 0.3) is 0 Å². The Morgan fingerprint density at radius 2 is 1.85 bits per heavy atom. The van der Waals surface area contributed by atoms with Crippen LogP contribution in [-0.4, -0.2) is 21.4 Å². The fourth-order valence-electron chi connectivity index (χ4n) is 2.19. The number of anilines is 1. The maximum absolute atomic E-state index is 6.09. The van der Waals surface area contributed by atoms with Crippen LogP contribution in [0.5, 0.6) is 0 Å². The van der Waals surface area contributed by atoms with Gasteiger partial charge in [-0.25, -0.2) is 0 Å². The summed E-state index contributed by atoms with van der Waals surface area (Å²) in [5.74, 6) is 0. The summed E-state index contributed by atoms with van der Waals surface area (Å²) in [6, 6.07) is 4.10. The Hall–Kier alpha value is -1.94. The zero-order valence-corrected chi connectivity index (χ0v) is 12.4. The maximum atomic E-state index is 6.09. The van der Waals surface area contributed by atoms with Gasteiger partial charge in [0.1, 0.15) is 0 Å². The van der Waals surface area contributed by atoms with Crippen LogP contribution < -0.4 is 5.73 Å². The van der Waals surface area contributed by atoms with Crippen molar-refractivity contribution in [2.24, 2.45) is 0 Å². The lowest BCUT2D eigenvalue weighted by atomic mass is 10.1. The molecule has 0 amide bonds. The molecule has 0 saturated heterocycles. The summed E-state index contributed by atoms with van der Waals surface area (Å²) in [6.07, 6.45) is 5.52. The molecule has 2 aromatic rings. The largest absolute Gasteiger partial charge is 0.398 e. The highest BCUT2D eigenvalue weighted by atomic mass is 15.1. The number of aryl methyl sites for hydroxylation is 1. The minimum Gasteiger partial charge on any atom is -0.398 e. The summed E-state index contributed by atoms with van der Waals surface area (Å²) >= 11 is 0. The first-order chi connectivity index (χ1) is 9.61. The Morgan fingerprint density at radius 1 is 1.15 bits per heavy atom. The monoisotopic (exact) mass is 270 g/mol. The van der Waals surface area contributed by atoms with E-state index in [1.807, 2.05) is 44.6 Å². The van der Waals surface area contributed by atoms with Gasteiger partial charge in [-0.1, -0.05) is 6.92 Å². The smallest absolute Gasteiger partial charge is 0.0593 e. The van der Waals surface area contributed by atoms with Crippen molar-refractivity contribution in [1.82, 2.24) is 14.9 Å². The van der Waals surface area contributed by atoms with Gasteiger partial charge in [-0.15, -0.1) is 0 Å². The van der Waals surface area contributed by atoms with E-state index in [2.05, 4.69) is 21.8 Å². The first kappa shape index (κ1) is 14.5. The second-order valence-corrected chi connectivity index (χ2v) is 5.09. The Bertz CT molecular complexity index is 566. The van der Waals surface area contributed by atoms with E-state index >= 15 is 0 Å². The number of pyridine rings is 2. The summed E-state index contributed by atoms with van der Waals surface area (Å²) in [7, 11) is 0. The predicted molar refractivity (Wildman–Crippen MR) is 82.1 cm³/mol. The second-order valence-electron chi connectivity index (χ2n) is 5.09. The molecule has 4 nitrogen and oxygen atoms in total. The van der Waals surface area contributed by atoms with Crippen molar-refractivity contribution >= 4 is 5.69 Å². The van der Waals surface area contributed by atoms with Crippen molar-refractivity contribution in [2.45, 2.75) is 33.9 Å². The van der Waals surface area contributed by atoms with E-state index in [4.69, 9.17) is 5.73 Å². The molecule has 4 heteroatoms. The molecule has 0 fully saturated rings. The first-order valence-electron chi connectivity index (χ1n) is 6.93. The summed E-state index contributed by atoms with van der Waals surface area (Å²) in [5.41, 5.74) is 11.4. The molecule has 0 radical (unpaired) electrons. The number of hydrogen-bond acceptors (Lipinski definition) is 4. The minimum atomic E-state index is 0.815. The highest BCUT2D eigenvalue weighted by molar-refractivity contribution is 5.53. The van der Waals surface area contributed by atoms with E-state index in [1.54, 1.807) is 0 Å². The van der Waals surface area contributed by atoms with Gasteiger partial charge in [0.05, 0.1) is 5.69 Å². The molecule has 106 valence electrons. The molecule has 0 unspecified atom stereocenters. The van der Waals surface area contributed by atoms with Crippen molar-refractivity contribution in [1.29, 1.82) is 0 Å². The summed E-state index contributed by atoms with van der Waals surface area (Å²) in [5, 5.41) is 0. The second kappa shape index (κ2) is 6.48. The molecule has 0 atom stereocenters. The standard InChI is InChI=1S/C16H22N4/c1-4-20(10-14-5-7-18-8-6-14)11-15-13(3)16(17)12(2)9-19-15/h5-9H,4,10-11H2,1-3H3,(H2,17,19). The molecule has 2 aromatic heterocycles. The van der Waals surface area contributed by atoms with E-state index < -0.39 is 0 Å². The number of nitrogens with two attached hydrogens (primary N) is 1. The highest BCUT2D eigenvalue weighted by Gasteiger charge is 2.10. The maximum Gasteiger partial charge on any atom is 0.0593 e. The van der Waals surface area contributed by atoms with Gasteiger partial charge in [-0.3, -0.25) is 14.9 Å². The topological polar surface area (TPSA) is 55.0 Å². The third-order valence-electron chi connectivity index (χ3n) is 3.65. The molecule has 0 saturated carbocycles. The van der Waals surface area contributed by atoms with E-state index in [1.165, 1.54) is 5.56 Å². The van der Waals surface area contributed by atoms with Crippen LogP contribution in [0.3, 0.4) is 0 Å². The average molecular weight is 270 g/mol. The highest BCUT2D eigenvalue weighted by Crippen LogP contribution is 2.19. The molecule has 0 aliphatic rings. The molecule has 0 aliphatic heterocycles. The van der Waals surface area contributed by atoms with Crippen LogP contribution in [0.4, 0.5) is 5.69 Å². The number of hydrogen-bond donors (Lipinski definition) is 1. The van der Waals surface area contributed by atoms with Crippen molar-refractivity contribution in [3.8, 4) is 0 Å². The molecule has 0 aliphatic carbocycles. The van der Waals surface area contributed by atoms with Crippen LogP contribution >= 0.6 is 0 Å². The molecular weight excluding hydrogens is 248 g/mol. The lowest BCUT2D eigenvalue weighted by Gasteiger charge is -2.21. The fraction of sp³-hybridized carbons (Fsp3) is 0.375. The Morgan fingerprint density at radius 3 is 2.50 bits per heavy atom. The molecule has 0 aromatic carbocycles. The molecule has 20 heavy (non-hydrogen) atoms. The number of aromatic nitrogens is 2. The van der Waals surface area contributed by atoms with Crippen LogP contribution in [0.15, 0.2) is 30.7 Å². The Balaban J connectivity index is 2.13. The Kier molecular flexibility index (Phi) is 4.69. The van der Waals surface area contributed by atoms with Crippen LogP contribution in [0, 0.1) is 13.8 Å². The molecule has 2 N–H and O–H groups in total. The third-order valence-corrected chi connectivity index (χ3v) is 3.65. The summed E-state index contributed by atoms with van der Waals surface area (Å²) < 4.78 is 0. The SMILES string of the molecule is CCN(Cc1ccncc1)Cc1ncc(C)c(N)c1C. The van der Waals surface area contributed by atoms with Crippen LogP contribution in [0.2, 0.25) is 0 Å². The summed E-state index contributed by atoms with van der Waals surface area (Å²) in [4.78, 5) is 10.9. The third kappa shape index (κ3) is 3.33. The molecule has 0 bridgehead atoms. The molecule has 0 spiro atoms. The lowest BCUT2D eigenvalue weighted by Crippen LogP contribution is -2.23. The zero-order chi connectivity index (χ0) is 14.5. The summed E-state index contributed by atoms with van der Waals surface area (Å²) in [6.45, 7) is 8.88. The van der Waals surface area contributed by atoms with E-state index in [9.17, 15) is 0 Å². The quantitative estimate of drug-likeness (QED) is 0.907. The average Bonchev–Trinajstić information content (AvgIpc) is 2.48. The van der Waals surface area contributed by atoms with Gasteiger partial charge in [0, 0.05) is 37.4 Å². The van der Waals surface area contributed by atoms with Crippen LogP contribution in [0.1, 0.15) is 29.3 Å². The van der Waals surface area contributed by atoms with Crippen molar-refractivity contribution in [3.63, 3.8) is 0 Å². The van der Waals surface area contributed by atoms with Gasteiger partial charge < -0.3 is 5.73 Å². The molecule has 2 heterocycles. The van der Waals surface area contributed by atoms with Crippen LogP contribution in [0.25, 0.3) is 0 Å². The number of rotatable bonds is 5. The van der Waals surface area contributed by atoms with Crippen molar-refractivity contribution in [2.75, 3.05) is 12.3 Å². The molecule has 2 rings (SSSR count). The first-order valence-corrected chi connectivity index (χ1v) is 6.93. The van der Waals surface area contributed by atoms with E-state index in [-0.39, 0.29) is 0 Å².